The highest BCUT2D eigenvalue weighted by Gasteiger charge is 2.24. The van der Waals surface area contributed by atoms with Crippen LogP contribution in [0, 0.1) is 6.92 Å². The molecule has 0 unspecified atom stereocenters. The standard InChI is InChI=1S/C20H25N3O/c1-3-22-11-6-12-23(19-8-5-4-7-18(19)22)20(24)16-9-10-17(14-21)15(2)13-16/h4-5,7-10,13H,3,6,11-12,14,21H2,1-2H3. The molecule has 0 saturated carbocycles. The fraction of sp³-hybridized carbons (Fsp3) is 0.350. The number of amides is 1. The van der Waals surface area contributed by atoms with Crippen molar-refractivity contribution in [1.82, 2.24) is 0 Å². The van der Waals surface area contributed by atoms with Gasteiger partial charge in [-0.25, -0.2) is 0 Å². The third-order valence-electron chi connectivity index (χ3n) is 4.76. The van der Waals surface area contributed by atoms with Crippen molar-refractivity contribution in [3.63, 3.8) is 0 Å². The topological polar surface area (TPSA) is 49.6 Å². The molecule has 3 rings (SSSR count). The first-order chi connectivity index (χ1) is 11.7. The van der Waals surface area contributed by atoms with Gasteiger partial charge in [-0.15, -0.1) is 0 Å². The summed E-state index contributed by atoms with van der Waals surface area (Å²) in [6.45, 7) is 7.32. The van der Waals surface area contributed by atoms with E-state index in [0.717, 1.165) is 54.1 Å². The lowest BCUT2D eigenvalue weighted by molar-refractivity contribution is 0.0987. The SMILES string of the molecule is CCN1CCCN(C(=O)c2ccc(CN)c(C)c2)c2ccccc21. The minimum absolute atomic E-state index is 0.0621. The van der Waals surface area contributed by atoms with Crippen molar-refractivity contribution >= 4 is 17.3 Å². The molecule has 2 aromatic rings. The van der Waals surface area contributed by atoms with Crippen molar-refractivity contribution in [2.24, 2.45) is 5.73 Å². The Labute approximate surface area is 143 Å². The zero-order chi connectivity index (χ0) is 17.1. The van der Waals surface area contributed by atoms with Gasteiger partial charge in [-0.2, -0.15) is 0 Å². The van der Waals surface area contributed by atoms with Gasteiger partial charge in [0, 0.05) is 31.7 Å². The minimum Gasteiger partial charge on any atom is -0.370 e. The van der Waals surface area contributed by atoms with E-state index in [-0.39, 0.29) is 5.91 Å². The molecule has 126 valence electrons. The smallest absolute Gasteiger partial charge is 0.258 e. The molecule has 0 aliphatic carbocycles. The summed E-state index contributed by atoms with van der Waals surface area (Å²) in [5, 5.41) is 0. The van der Waals surface area contributed by atoms with Crippen LogP contribution in [0.5, 0.6) is 0 Å². The molecule has 2 N–H and O–H groups in total. The Morgan fingerprint density at radius 3 is 2.54 bits per heavy atom. The molecule has 0 aromatic heterocycles. The second-order valence-electron chi connectivity index (χ2n) is 6.22. The molecule has 1 aliphatic rings. The van der Waals surface area contributed by atoms with Crippen LogP contribution in [0.25, 0.3) is 0 Å². The van der Waals surface area contributed by atoms with Crippen LogP contribution in [-0.4, -0.2) is 25.5 Å². The molecule has 4 heteroatoms. The van der Waals surface area contributed by atoms with Crippen molar-refractivity contribution in [2.45, 2.75) is 26.8 Å². The molecule has 1 amide bonds. The fourth-order valence-corrected chi connectivity index (χ4v) is 3.37. The predicted molar refractivity (Wildman–Crippen MR) is 99.7 cm³/mol. The summed E-state index contributed by atoms with van der Waals surface area (Å²) >= 11 is 0. The van der Waals surface area contributed by atoms with Crippen LogP contribution in [0.4, 0.5) is 11.4 Å². The van der Waals surface area contributed by atoms with Crippen LogP contribution in [-0.2, 0) is 6.54 Å². The van der Waals surface area contributed by atoms with Crippen molar-refractivity contribution < 1.29 is 4.79 Å². The van der Waals surface area contributed by atoms with Crippen LogP contribution < -0.4 is 15.5 Å². The maximum absolute atomic E-state index is 13.1. The van der Waals surface area contributed by atoms with E-state index in [1.165, 1.54) is 0 Å². The van der Waals surface area contributed by atoms with E-state index in [4.69, 9.17) is 5.73 Å². The lowest BCUT2D eigenvalue weighted by Crippen LogP contribution is -2.31. The first-order valence-corrected chi connectivity index (χ1v) is 8.61. The third kappa shape index (κ3) is 3.02. The number of carbonyl (C=O) groups is 1. The first-order valence-electron chi connectivity index (χ1n) is 8.61. The van der Waals surface area contributed by atoms with E-state index in [9.17, 15) is 4.79 Å². The summed E-state index contributed by atoms with van der Waals surface area (Å²) in [4.78, 5) is 17.4. The summed E-state index contributed by atoms with van der Waals surface area (Å²) in [6, 6.07) is 14.0. The maximum atomic E-state index is 13.1. The van der Waals surface area contributed by atoms with E-state index in [2.05, 4.69) is 17.9 Å². The lowest BCUT2D eigenvalue weighted by atomic mass is 10.0. The van der Waals surface area contributed by atoms with Crippen LogP contribution >= 0.6 is 0 Å². The lowest BCUT2D eigenvalue weighted by Gasteiger charge is -2.26. The second kappa shape index (κ2) is 7.05. The van der Waals surface area contributed by atoms with E-state index < -0.39 is 0 Å². The number of carbonyl (C=O) groups excluding carboxylic acids is 1. The Morgan fingerprint density at radius 1 is 1.12 bits per heavy atom. The van der Waals surface area contributed by atoms with E-state index in [0.29, 0.717) is 6.54 Å². The molecule has 0 spiro atoms. The molecule has 24 heavy (non-hydrogen) atoms. The van der Waals surface area contributed by atoms with Crippen LogP contribution in [0.1, 0.15) is 34.8 Å². The number of aryl methyl sites for hydroxylation is 1. The molecular weight excluding hydrogens is 298 g/mol. The summed E-state index contributed by atoms with van der Waals surface area (Å²) in [5.41, 5.74) is 10.8. The molecule has 2 aromatic carbocycles. The summed E-state index contributed by atoms with van der Waals surface area (Å²) in [6.07, 6.45) is 0.966. The van der Waals surface area contributed by atoms with Gasteiger partial charge in [0.25, 0.3) is 5.91 Å². The fourth-order valence-electron chi connectivity index (χ4n) is 3.37. The number of rotatable bonds is 3. The van der Waals surface area contributed by atoms with E-state index in [1.54, 1.807) is 0 Å². The number of hydrogen-bond donors (Lipinski definition) is 1. The molecule has 1 aliphatic heterocycles. The Kier molecular flexibility index (Phi) is 4.86. The van der Waals surface area contributed by atoms with Crippen LogP contribution in [0.2, 0.25) is 0 Å². The van der Waals surface area contributed by atoms with Crippen molar-refractivity contribution in [2.75, 3.05) is 29.4 Å². The van der Waals surface area contributed by atoms with Gasteiger partial charge in [0.2, 0.25) is 0 Å². The molecule has 1 heterocycles. The highest BCUT2D eigenvalue weighted by molar-refractivity contribution is 6.08. The molecule has 0 fully saturated rings. The monoisotopic (exact) mass is 323 g/mol. The molecule has 0 saturated heterocycles. The normalized spacial score (nSPS) is 14.3. The van der Waals surface area contributed by atoms with Gasteiger partial charge < -0.3 is 15.5 Å². The predicted octanol–water partition coefficient (Wildman–Crippen LogP) is 3.33. The largest absolute Gasteiger partial charge is 0.370 e. The highest BCUT2D eigenvalue weighted by atomic mass is 16.2. The second-order valence-corrected chi connectivity index (χ2v) is 6.22. The number of para-hydroxylation sites is 2. The van der Waals surface area contributed by atoms with Crippen molar-refractivity contribution in [3.05, 3.63) is 59.2 Å². The third-order valence-corrected chi connectivity index (χ3v) is 4.76. The van der Waals surface area contributed by atoms with Gasteiger partial charge in [-0.1, -0.05) is 18.2 Å². The maximum Gasteiger partial charge on any atom is 0.258 e. The molecule has 0 bridgehead atoms. The Bertz CT molecular complexity index is 741. The van der Waals surface area contributed by atoms with Gasteiger partial charge in [-0.05, 0) is 55.7 Å². The van der Waals surface area contributed by atoms with E-state index in [1.807, 2.05) is 48.2 Å². The number of hydrogen-bond acceptors (Lipinski definition) is 3. The summed E-state index contributed by atoms with van der Waals surface area (Å²) in [5.74, 6) is 0.0621. The molecule has 4 nitrogen and oxygen atoms in total. The summed E-state index contributed by atoms with van der Waals surface area (Å²) < 4.78 is 0. The Balaban J connectivity index is 1.98. The average molecular weight is 323 g/mol. The van der Waals surface area contributed by atoms with Gasteiger partial charge in [0.1, 0.15) is 0 Å². The zero-order valence-electron chi connectivity index (χ0n) is 14.5. The Morgan fingerprint density at radius 2 is 1.88 bits per heavy atom. The minimum atomic E-state index is 0.0621. The number of nitrogens with two attached hydrogens (primary N) is 1. The van der Waals surface area contributed by atoms with Gasteiger partial charge in [-0.3, -0.25) is 4.79 Å². The molecule has 0 radical (unpaired) electrons. The molecular formula is C20H25N3O. The zero-order valence-corrected chi connectivity index (χ0v) is 14.5. The number of nitrogens with zero attached hydrogens (tertiary/aromatic N) is 2. The van der Waals surface area contributed by atoms with E-state index >= 15 is 0 Å². The average Bonchev–Trinajstić information content (AvgIpc) is 2.80. The van der Waals surface area contributed by atoms with Crippen LogP contribution in [0.15, 0.2) is 42.5 Å². The first kappa shape index (κ1) is 16.5. The highest BCUT2D eigenvalue weighted by Crippen LogP contribution is 2.33. The quantitative estimate of drug-likeness (QED) is 0.942. The number of benzene rings is 2. The molecule has 0 atom stereocenters. The van der Waals surface area contributed by atoms with Crippen LogP contribution in [0.3, 0.4) is 0 Å². The van der Waals surface area contributed by atoms with Gasteiger partial charge in [0.15, 0.2) is 0 Å². The van der Waals surface area contributed by atoms with Crippen molar-refractivity contribution in [1.29, 1.82) is 0 Å². The van der Waals surface area contributed by atoms with Gasteiger partial charge in [0.05, 0.1) is 11.4 Å². The number of anilines is 2. The summed E-state index contributed by atoms with van der Waals surface area (Å²) in [7, 11) is 0. The van der Waals surface area contributed by atoms with Crippen molar-refractivity contribution in [3.8, 4) is 0 Å². The van der Waals surface area contributed by atoms with Gasteiger partial charge >= 0.3 is 0 Å². The number of fused-ring (bicyclic) bond motifs is 1. The Hall–Kier alpha value is -2.33.